The highest BCUT2D eigenvalue weighted by atomic mass is 127. The number of carbonyl (C=O) groups is 1. The fourth-order valence-corrected chi connectivity index (χ4v) is 3.75. The van der Waals surface area contributed by atoms with Crippen LogP contribution in [-0.4, -0.2) is 33.6 Å². The highest BCUT2D eigenvalue weighted by Crippen LogP contribution is 2.21. The smallest absolute Gasteiger partial charge is 0.210 e. The molecule has 0 radical (unpaired) electrons. The molecular formula is C15H16INO4S2. The van der Waals surface area contributed by atoms with E-state index in [2.05, 4.69) is 27.3 Å². The first-order valence-corrected chi connectivity index (χ1v) is 10.6. The maximum atomic E-state index is 12.1. The topological polar surface area (TPSA) is 72.5 Å². The Morgan fingerprint density at radius 3 is 2.70 bits per heavy atom. The molecule has 0 fully saturated rings. The number of ketones is 1. The van der Waals surface area contributed by atoms with E-state index in [9.17, 15) is 13.2 Å². The molecule has 0 saturated carbocycles. The van der Waals surface area contributed by atoms with Crippen molar-refractivity contribution in [2.45, 2.75) is 6.42 Å². The molecule has 1 heterocycles. The number of sulfonamides is 1. The van der Waals surface area contributed by atoms with Crippen LogP contribution in [-0.2, 0) is 16.4 Å². The molecule has 8 heteroatoms. The van der Waals surface area contributed by atoms with Gasteiger partial charge in [-0.15, -0.1) is 11.3 Å². The van der Waals surface area contributed by atoms with Gasteiger partial charge in [-0.05, 0) is 53.3 Å². The number of Topliss-reactive ketones (excluding diaryl/α,β-unsaturated/α-hetero) is 1. The third kappa shape index (κ3) is 6.21. The van der Waals surface area contributed by atoms with Crippen molar-refractivity contribution in [3.05, 3.63) is 49.7 Å². The zero-order chi connectivity index (χ0) is 16.9. The quantitative estimate of drug-likeness (QED) is 0.481. The van der Waals surface area contributed by atoms with Gasteiger partial charge in [0.05, 0.1) is 14.7 Å². The lowest BCUT2D eigenvalue weighted by atomic mass is 10.3. The highest BCUT2D eigenvalue weighted by molar-refractivity contribution is 14.1. The maximum Gasteiger partial charge on any atom is 0.210 e. The van der Waals surface area contributed by atoms with Gasteiger partial charge in [0.15, 0.2) is 6.61 Å². The van der Waals surface area contributed by atoms with Crippen LogP contribution in [0.4, 0.5) is 0 Å². The molecule has 0 amide bonds. The summed E-state index contributed by atoms with van der Waals surface area (Å²) in [6.07, 6.45) is 1.68. The molecule has 0 aliphatic heterocycles. The molecule has 0 atom stereocenters. The minimum absolute atomic E-state index is 0.0123. The van der Waals surface area contributed by atoms with Crippen molar-refractivity contribution in [1.82, 2.24) is 4.72 Å². The molecule has 1 aromatic heterocycles. The van der Waals surface area contributed by atoms with Gasteiger partial charge in [-0.2, -0.15) is 0 Å². The number of para-hydroxylation sites is 1. The van der Waals surface area contributed by atoms with Crippen molar-refractivity contribution in [3.8, 4) is 5.75 Å². The summed E-state index contributed by atoms with van der Waals surface area (Å²) >= 11 is 3.52. The molecule has 2 rings (SSSR count). The molecule has 5 nitrogen and oxygen atoms in total. The maximum absolute atomic E-state index is 12.1. The highest BCUT2D eigenvalue weighted by Gasteiger charge is 2.11. The SMILES string of the molecule is CS(=O)(=O)NCCc1ccc(C(=O)COc2ccccc2I)s1. The van der Waals surface area contributed by atoms with Gasteiger partial charge in [0.1, 0.15) is 5.75 Å². The lowest BCUT2D eigenvalue weighted by Crippen LogP contribution is -2.24. The minimum atomic E-state index is -3.18. The van der Waals surface area contributed by atoms with Crippen molar-refractivity contribution in [1.29, 1.82) is 0 Å². The number of hydrogen-bond donors (Lipinski definition) is 1. The summed E-state index contributed by atoms with van der Waals surface area (Å²) in [5.41, 5.74) is 0. The summed E-state index contributed by atoms with van der Waals surface area (Å²) < 4.78 is 30.9. The van der Waals surface area contributed by atoms with Crippen molar-refractivity contribution in [2.24, 2.45) is 0 Å². The van der Waals surface area contributed by atoms with Crippen LogP contribution in [0.2, 0.25) is 0 Å². The Labute approximate surface area is 153 Å². The van der Waals surface area contributed by atoms with Crippen molar-refractivity contribution in [3.63, 3.8) is 0 Å². The third-order valence-corrected chi connectivity index (χ3v) is 5.67. The summed E-state index contributed by atoms with van der Waals surface area (Å²) in [5.74, 6) is 0.604. The lowest BCUT2D eigenvalue weighted by Gasteiger charge is -2.06. The summed E-state index contributed by atoms with van der Waals surface area (Å²) in [6, 6.07) is 11.1. The number of benzene rings is 1. The first-order valence-electron chi connectivity index (χ1n) is 6.79. The van der Waals surface area contributed by atoms with Gasteiger partial charge in [-0.3, -0.25) is 4.79 Å². The van der Waals surface area contributed by atoms with Gasteiger partial charge in [-0.25, -0.2) is 13.1 Å². The Bertz CT molecular complexity index is 786. The first kappa shape index (κ1) is 18.4. The zero-order valence-corrected chi connectivity index (χ0v) is 16.2. The second-order valence-corrected chi connectivity index (χ2v) is 8.99. The van der Waals surface area contributed by atoms with Gasteiger partial charge < -0.3 is 4.74 Å². The molecule has 0 unspecified atom stereocenters. The van der Waals surface area contributed by atoms with Crippen molar-refractivity contribution < 1.29 is 17.9 Å². The van der Waals surface area contributed by atoms with Crippen LogP contribution in [0.15, 0.2) is 36.4 Å². The average molecular weight is 465 g/mol. The van der Waals surface area contributed by atoms with E-state index in [0.717, 1.165) is 14.7 Å². The molecule has 0 spiro atoms. The number of halogens is 1. The number of hydrogen-bond acceptors (Lipinski definition) is 5. The van der Waals surface area contributed by atoms with Crippen molar-refractivity contribution >= 4 is 49.7 Å². The van der Waals surface area contributed by atoms with E-state index in [0.29, 0.717) is 23.6 Å². The van der Waals surface area contributed by atoms with Crippen LogP contribution in [0, 0.1) is 3.57 Å². The largest absolute Gasteiger partial charge is 0.484 e. The number of rotatable bonds is 8. The minimum Gasteiger partial charge on any atom is -0.484 e. The second-order valence-electron chi connectivity index (χ2n) is 4.82. The molecule has 1 aromatic carbocycles. The molecule has 0 bridgehead atoms. The van der Waals surface area contributed by atoms with Crippen LogP contribution in [0.3, 0.4) is 0 Å². The third-order valence-electron chi connectivity index (χ3n) is 2.87. The summed E-state index contributed by atoms with van der Waals surface area (Å²) in [5, 5.41) is 0. The fraction of sp³-hybridized carbons (Fsp3) is 0.267. The Kier molecular flexibility index (Phi) is 6.57. The normalized spacial score (nSPS) is 11.4. The molecular weight excluding hydrogens is 449 g/mol. The summed E-state index contributed by atoms with van der Waals surface area (Å²) in [4.78, 5) is 13.7. The van der Waals surface area contributed by atoms with E-state index in [1.54, 1.807) is 6.07 Å². The molecule has 0 aliphatic carbocycles. The predicted octanol–water partition coefficient (Wildman–Crippen LogP) is 2.71. The van der Waals surface area contributed by atoms with Gasteiger partial charge in [0, 0.05) is 11.4 Å². The van der Waals surface area contributed by atoms with Crippen molar-refractivity contribution in [2.75, 3.05) is 19.4 Å². The monoisotopic (exact) mass is 465 g/mol. The average Bonchev–Trinajstić information content (AvgIpc) is 2.94. The molecule has 0 saturated heterocycles. The number of nitrogens with one attached hydrogen (secondary N) is 1. The van der Waals surface area contributed by atoms with Crippen LogP contribution in [0.5, 0.6) is 5.75 Å². The van der Waals surface area contributed by atoms with Crippen LogP contribution in [0.25, 0.3) is 0 Å². The molecule has 23 heavy (non-hydrogen) atoms. The summed E-state index contributed by atoms with van der Waals surface area (Å²) in [7, 11) is -3.18. The number of carbonyl (C=O) groups excluding carboxylic acids is 1. The van der Waals surface area contributed by atoms with E-state index in [1.165, 1.54) is 11.3 Å². The van der Waals surface area contributed by atoms with Gasteiger partial charge in [-0.1, -0.05) is 12.1 Å². The fourth-order valence-electron chi connectivity index (χ4n) is 1.80. The Hall–Kier alpha value is -0.970. The zero-order valence-electron chi connectivity index (χ0n) is 12.4. The number of ether oxygens (including phenoxy) is 1. The molecule has 0 aliphatic rings. The van der Waals surface area contributed by atoms with Gasteiger partial charge in [0.25, 0.3) is 0 Å². The number of thiophene rings is 1. The van der Waals surface area contributed by atoms with Gasteiger partial charge >= 0.3 is 0 Å². The Morgan fingerprint density at radius 2 is 2.00 bits per heavy atom. The first-order chi connectivity index (χ1) is 10.8. The van der Waals surface area contributed by atoms with E-state index >= 15 is 0 Å². The predicted molar refractivity (Wildman–Crippen MR) is 99.9 cm³/mol. The molecule has 2 aromatic rings. The molecule has 1 N–H and O–H groups in total. The van der Waals surface area contributed by atoms with Crippen LogP contribution >= 0.6 is 33.9 Å². The standard InChI is InChI=1S/C15H16INO4S2/c1-23(19,20)17-9-8-11-6-7-15(22-11)13(18)10-21-14-5-3-2-4-12(14)16/h2-7,17H,8-10H2,1H3. The Balaban J connectivity index is 1.87. The molecule has 124 valence electrons. The second kappa shape index (κ2) is 8.22. The van der Waals surface area contributed by atoms with Crippen LogP contribution in [0.1, 0.15) is 14.5 Å². The Morgan fingerprint density at radius 1 is 1.26 bits per heavy atom. The van der Waals surface area contributed by atoms with E-state index in [4.69, 9.17) is 4.74 Å². The lowest BCUT2D eigenvalue weighted by molar-refractivity contribution is 0.0925. The van der Waals surface area contributed by atoms with E-state index in [-0.39, 0.29) is 12.4 Å². The summed E-state index contributed by atoms with van der Waals surface area (Å²) in [6.45, 7) is 0.313. The van der Waals surface area contributed by atoms with E-state index in [1.807, 2.05) is 30.3 Å². The van der Waals surface area contributed by atoms with E-state index < -0.39 is 10.0 Å². The van der Waals surface area contributed by atoms with Gasteiger partial charge in [0.2, 0.25) is 15.8 Å². The van der Waals surface area contributed by atoms with Crippen LogP contribution < -0.4 is 9.46 Å².